The quantitative estimate of drug-likeness (QED) is 0.646. The van der Waals surface area contributed by atoms with Gasteiger partial charge in [-0.2, -0.15) is 13.2 Å². The predicted octanol–water partition coefficient (Wildman–Crippen LogP) is 3.09. The number of benzene rings is 2. The number of hydrogen-bond acceptors (Lipinski definition) is 5. The number of nitrogens with zero attached hydrogens (tertiary/aromatic N) is 2. The molecule has 192 valence electrons. The van der Waals surface area contributed by atoms with Crippen LogP contribution < -0.4 is 5.73 Å². The number of amides is 2. The van der Waals surface area contributed by atoms with Gasteiger partial charge in [0.15, 0.2) is 9.84 Å². The van der Waals surface area contributed by atoms with Crippen molar-refractivity contribution < 1.29 is 36.3 Å². The minimum atomic E-state index is -5.08. The highest BCUT2D eigenvalue weighted by molar-refractivity contribution is 7.92. The van der Waals surface area contributed by atoms with Gasteiger partial charge in [-0.25, -0.2) is 18.0 Å². The van der Waals surface area contributed by atoms with E-state index in [0.717, 1.165) is 11.1 Å². The first-order valence-electron chi connectivity index (χ1n) is 10.6. The van der Waals surface area contributed by atoms with Gasteiger partial charge < -0.3 is 20.6 Å². The van der Waals surface area contributed by atoms with Crippen LogP contribution in [0.15, 0.2) is 59.5 Å². The lowest BCUT2D eigenvalue weighted by atomic mass is 9.90. The predicted molar refractivity (Wildman–Crippen MR) is 123 cm³/mol. The molecule has 1 saturated heterocycles. The standard InChI is InChI=1S/C21H27N3O3S.C2HF3O2/c1-23(2)21(25)24-14-18(17-8-4-3-5-9-17)12-20(15-24)28(26,27)19-10-6-7-16(11-19)13-22;3-2(4,5)1(6)7/h3-11,18,20H,12-15,22H2,1-2H3;(H,6,7)/t18-,20-;/m0./s1. The fraction of sp³-hybridized carbons (Fsp3) is 0.391. The van der Waals surface area contributed by atoms with Crippen molar-refractivity contribution in [1.82, 2.24) is 9.80 Å². The summed E-state index contributed by atoms with van der Waals surface area (Å²) in [4.78, 5) is 24.9. The first-order chi connectivity index (χ1) is 16.3. The zero-order valence-corrected chi connectivity index (χ0v) is 20.1. The molecule has 0 spiro atoms. The summed E-state index contributed by atoms with van der Waals surface area (Å²) in [5, 5.41) is 6.46. The molecule has 0 radical (unpaired) electrons. The van der Waals surface area contributed by atoms with Gasteiger partial charge in [0.05, 0.1) is 10.1 Å². The number of urea groups is 1. The smallest absolute Gasteiger partial charge is 0.475 e. The Morgan fingerprint density at radius 1 is 1.09 bits per heavy atom. The van der Waals surface area contributed by atoms with Crippen molar-refractivity contribution in [3.8, 4) is 0 Å². The van der Waals surface area contributed by atoms with Gasteiger partial charge in [-0.1, -0.05) is 42.5 Å². The third kappa shape index (κ3) is 7.43. The Morgan fingerprint density at radius 2 is 1.69 bits per heavy atom. The first-order valence-corrected chi connectivity index (χ1v) is 12.2. The highest BCUT2D eigenvalue weighted by Gasteiger charge is 2.39. The van der Waals surface area contributed by atoms with Gasteiger partial charge in [0, 0.05) is 39.6 Å². The van der Waals surface area contributed by atoms with Crippen molar-refractivity contribution in [3.63, 3.8) is 0 Å². The van der Waals surface area contributed by atoms with E-state index in [-0.39, 0.29) is 29.9 Å². The van der Waals surface area contributed by atoms with Crippen LogP contribution in [0.1, 0.15) is 23.5 Å². The molecule has 0 aliphatic carbocycles. The van der Waals surface area contributed by atoms with E-state index in [0.29, 0.717) is 13.0 Å². The van der Waals surface area contributed by atoms with Gasteiger partial charge in [0.1, 0.15) is 0 Å². The lowest BCUT2D eigenvalue weighted by Gasteiger charge is -2.38. The number of nitrogens with two attached hydrogens (primary N) is 1. The van der Waals surface area contributed by atoms with E-state index in [2.05, 4.69) is 0 Å². The van der Waals surface area contributed by atoms with E-state index in [9.17, 15) is 26.4 Å². The molecule has 0 unspecified atom stereocenters. The highest BCUT2D eigenvalue weighted by atomic mass is 32.2. The number of carboxylic acids is 1. The molecule has 12 heteroatoms. The Bertz CT molecular complexity index is 1120. The highest BCUT2D eigenvalue weighted by Crippen LogP contribution is 2.33. The molecule has 0 saturated carbocycles. The number of aliphatic carboxylic acids is 1. The van der Waals surface area contributed by atoms with Crippen LogP contribution in [-0.4, -0.2) is 73.9 Å². The molecule has 0 aromatic heterocycles. The maximum atomic E-state index is 13.4. The van der Waals surface area contributed by atoms with E-state index in [1.54, 1.807) is 37.2 Å². The Balaban J connectivity index is 0.000000540. The largest absolute Gasteiger partial charge is 0.490 e. The molecular formula is C23H28F3N3O5S. The number of likely N-dealkylation sites (tertiary alicyclic amines) is 1. The average Bonchev–Trinajstić information content (AvgIpc) is 2.83. The summed E-state index contributed by atoms with van der Waals surface area (Å²) in [6.07, 6.45) is -4.60. The maximum Gasteiger partial charge on any atom is 0.490 e. The average molecular weight is 516 g/mol. The van der Waals surface area contributed by atoms with E-state index in [1.807, 2.05) is 36.4 Å². The number of halogens is 3. The molecule has 1 aliphatic heterocycles. The lowest BCUT2D eigenvalue weighted by molar-refractivity contribution is -0.192. The summed E-state index contributed by atoms with van der Waals surface area (Å²) in [5.41, 5.74) is 7.51. The Morgan fingerprint density at radius 3 is 2.20 bits per heavy atom. The molecule has 2 aromatic carbocycles. The summed E-state index contributed by atoms with van der Waals surface area (Å²) >= 11 is 0. The summed E-state index contributed by atoms with van der Waals surface area (Å²) in [6, 6.07) is 16.4. The van der Waals surface area contributed by atoms with Gasteiger partial charge in [0.25, 0.3) is 0 Å². The molecule has 1 fully saturated rings. The molecule has 1 heterocycles. The monoisotopic (exact) mass is 515 g/mol. The van der Waals surface area contributed by atoms with Crippen molar-refractivity contribution >= 4 is 21.8 Å². The second-order valence-corrected chi connectivity index (χ2v) is 10.5. The van der Waals surface area contributed by atoms with Gasteiger partial charge in [0.2, 0.25) is 0 Å². The number of sulfone groups is 1. The molecular weight excluding hydrogens is 487 g/mol. The molecule has 35 heavy (non-hydrogen) atoms. The summed E-state index contributed by atoms with van der Waals surface area (Å²) in [5.74, 6) is -2.79. The Hall–Kier alpha value is -3.12. The number of piperidine rings is 1. The van der Waals surface area contributed by atoms with Crippen LogP contribution in [0.2, 0.25) is 0 Å². The summed E-state index contributed by atoms with van der Waals surface area (Å²) in [7, 11) is -0.229. The number of hydrogen-bond donors (Lipinski definition) is 2. The van der Waals surface area contributed by atoms with Crippen molar-refractivity contribution in [2.75, 3.05) is 27.2 Å². The van der Waals surface area contributed by atoms with Crippen molar-refractivity contribution in [2.45, 2.75) is 35.2 Å². The van der Waals surface area contributed by atoms with Crippen molar-refractivity contribution in [1.29, 1.82) is 0 Å². The van der Waals surface area contributed by atoms with Crippen LogP contribution in [0.5, 0.6) is 0 Å². The van der Waals surface area contributed by atoms with Crippen molar-refractivity contribution in [2.24, 2.45) is 5.73 Å². The fourth-order valence-electron chi connectivity index (χ4n) is 3.73. The molecule has 2 aromatic rings. The molecule has 2 atom stereocenters. The van der Waals surface area contributed by atoms with Crippen LogP contribution in [-0.2, 0) is 21.2 Å². The Kier molecular flexibility index (Phi) is 9.27. The maximum absolute atomic E-state index is 13.4. The molecule has 3 rings (SSSR count). The number of carboxylic acid groups (broad SMARTS) is 1. The van der Waals surface area contributed by atoms with Crippen LogP contribution >= 0.6 is 0 Å². The lowest BCUT2D eigenvalue weighted by Crippen LogP contribution is -2.51. The zero-order valence-electron chi connectivity index (χ0n) is 19.3. The number of alkyl halides is 3. The van der Waals surface area contributed by atoms with Crippen LogP contribution in [0.25, 0.3) is 0 Å². The number of carbonyl (C=O) groups excluding carboxylic acids is 1. The second-order valence-electron chi connectivity index (χ2n) is 8.25. The molecule has 3 N–H and O–H groups in total. The molecule has 1 aliphatic rings. The van der Waals surface area contributed by atoms with Crippen LogP contribution in [0.3, 0.4) is 0 Å². The first kappa shape index (κ1) is 28.1. The third-order valence-electron chi connectivity index (χ3n) is 5.48. The third-order valence-corrected chi connectivity index (χ3v) is 7.61. The van der Waals surface area contributed by atoms with Crippen molar-refractivity contribution in [3.05, 3.63) is 65.7 Å². The number of carbonyl (C=O) groups is 2. The molecule has 0 bridgehead atoms. The minimum Gasteiger partial charge on any atom is -0.475 e. The molecule has 8 nitrogen and oxygen atoms in total. The van der Waals surface area contributed by atoms with E-state index >= 15 is 0 Å². The van der Waals surface area contributed by atoms with E-state index in [4.69, 9.17) is 15.6 Å². The van der Waals surface area contributed by atoms with Gasteiger partial charge >= 0.3 is 18.2 Å². The minimum absolute atomic E-state index is 0.0312. The van der Waals surface area contributed by atoms with Crippen LogP contribution in [0, 0.1) is 0 Å². The normalized spacial score (nSPS) is 18.3. The van der Waals surface area contributed by atoms with E-state index in [1.165, 1.54) is 4.90 Å². The SMILES string of the molecule is CN(C)C(=O)N1C[C@@H](c2ccccc2)C[C@H](S(=O)(=O)c2cccc(CN)c2)C1.O=C(O)C(F)(F)F. The second kappa shape index (κ2) is 11.5. The number of rotatable bonds is 4. The zero-order chi connectivity index (χ0) is 26.4. The van der Waals surface area contributed by atoms with Gasteiger partial charge in [-0.3, -0.25) is 0 Å². The summed E-state index contributed by atoms with van der Waals surface area (Å²) < 4.78 is 58.5. The summed E-state index contributed by atoms with van der Waals surface area (Å²) in [6.45, 7) is 0.983. The topological polar surface area (TPSA) is 121 Å². The fourth-order valence-corrected chi connectivity index (χ4v) is 5.56. The van der Waals surface area contributed by atoms with E-state index < -0.39 is 27.2 Å². The Labute approximate surface area is 202 Å². The molecule has 2 amide bonds. The van der Waals surface area contributed by atoms with Gasteiger partial charge in [-0.15, -0.1) is 0 Å². The van der Waals surface area contributed by atoms with Crippen LogP contribution in [0.4, 0.5) is 18.0 Å². The van der Waals surface area contributed by atoms with Gasteiger partial charge in [-0.05, 0) is 29.7 Å².